The molecular formula is C13H16ClN3O. The summed E-state index contributed by atoms with van der Waals surface area (Å²) in [5, 5.41) is 20.7. The van der Waals surface area contributed by atoms with Gasteiger partial charge in [-0.3, -0.25) is 5.10 Å². The molecule has 0 amide bonds. The highest BCUT2D eigenvalue weighted by Gasteiger charge is 2.07. The van der Waals surface area contributed by atoms with Gasteiger partial charge in [-0.25, -0.2) is 0 Å². The summed E-state index contributed by atoms with van der Waals surface area (Å²) in [6.45, 7) is 3.15. The predicted molar refractivity (Wildman–Crippen MR) is 71.4 cm³/mol. The van der Waals surface area contributed by atoms with Crippen molar-refractivity contribution in [3.63, 3.8) is 0 Å². The highest BCUT2D eigenvalue weighted by atomic mass is 35.5. The van der Waals surface area contributed by atoms with E-state index < -0.39 is 6.10 Å². The molecule has 4 nitrogen and oxygen atoms in total. The summed E-state index contributed by atoms with van der Waals surface area (Å²) in [7, 11) is 0. The number of benzene rings is 1. The first-order chi connectivity index (χ1) is 8.66. The molecule has 0 fully saturated rings. The van der Waals surface area contributed by atoms with Crippen molar-refractivity contribution in [1.82, 2.24) is 15.5 Å². The second-order valence-corrected chi connectivity index (χ2v) is 4.65. The van der Waals surface area contributed by atoms with Crippen LogP contribution in [0.4, 0.5) is 0 Å². The summed E-state index contributed by atoms with van der Waals surface area (Å²) < 4.78 is 0. The summed E-state index contributed by atoms with van der Waals surface area (Å²) in [5.74, 6) is 0. The van der Waals surface area contributed by atoms with Crippen LogP contribution < -0.4 is 5.32 Å². The number of aromatic amines is 1. The molecule has 0 saturated heterocycles. The Morgan fingerprint density at radius 2 is 2.11 bits per heavy atom. The van der Waals surface area contributed by atoms with Crippen molar-refractivity contribution in [1.29, 1.82) is 0 Å². The molecule has 2 aromatic rings. The molecule has 18 heavy (non-hydrogen) atoms. The van der Waals surface area contributed by atoms with Crippen molar-refractivity contribution in [2.45, 2.75) is 19.6 Å². The second kappa shape index (κ2) is 6.00. The lowest BCUT2D eigenvalue weighted by Gasteiger charge is -2.12. The zero-order valence-electron chi connectivity index (χ0n) is 10.2. The molecule has 0 aliphatic heterocycles. The maximum atomic E-state index is 9.98. The van der Waals surface area contributed by atoms with Gasteiger partial charge in [-0.05, 0) is 24.6 Å². The van der Waals surface area contributed by atoms with Crippen LogP contribution in [0.5, 0.6) is 0 Å². The topological polar surface area (TPSA) is 60.9 Å². The zero-order chi connectivity index (χ0) is 13.0. The number of aryl methyl sites for hydroxylation is 1. The Labute approximate surface area is 111 Å². The van der Waals surface area contributed by atoms with Crippen LogP contribution in [0.25, 0.3) is 0 Å². The van der Waals surface area contributed by atoms with Gasteiger partial charge in [0.15, 0.2) is 0 Å². The molecule has 2 rings (SSSR count). The number of hydrogen-bond acceptors (Lipinski definition) is 3. The maximum Gasteiger partial charge on any atom is 0.0914 e. The van der Waals surface area contributed by atoms with Crippen molar-refractivity contribution < 1.29 is 5.11 Å². The molecule has 0 aliphatic carbocycles. The molecule has 1 heterocycles. The van der Waals surface area contributed by atoms with E-state index in [-0.39, 0.29) is 0 Å². The summed E-state index contributed by atoms with van der Waals surface area (Å²) in [4.78, 5) is 0. The van der Waals surface area contributed by atoms with Gasteiger partial charge >= 0.3 is 0 Å². The number of nitrogens with one attached hydrogen (secondary N) is 2. The Bertz CT molecular complexity index is 495. The summed E-state index contributed by atoms with van der Waals surface area (Å²) in [6.07, 6.45) is 1.26. The Balaban J connectivity index is 1.83. The van der Waals surface area contributed by atoms with Gasteiger partial charge in [0.05, 0.1) is 12.3 Å². The summed E-state index contributed by atoms with van der Waals surface area (Å²) in [5.41, 5.74) is 3.01. The van der Waals surface area contributed by atoms with Crippen molar-refractivity contribution in [3.8, 4) is 0 Å². The van der Waals surface area contributed by atoms with Gasteiger partial charge < -0.3 is 10.4 Å². The first-order valence-electron chi connectivity index (χ1n) is 5.80. The van der Waals surface area contributed by atoms with E-state index in [0.29, 0.717) is 18.1 Å². The molecule has 5 heteroatoms. The van der Waals surface area contributed by atoms with Gasteiger partial charge in [0.1, 0.15) is 0 Å². The molecule has 1 atom stereocenters. The van der Waals surface area contributed by atoms with Gasteiger partial charge in [-0.15, -0.1) is 0 Å². The highest BCUT2D eigenvalue weighted by molar-refractivity contribution is 6.30. The van der Waals surface area contributed by atoms with Crippen molar-refractivity contribution in [2.75, 3.05) is 6.54 Å². The fraction of sp³-hybridized carbons (Fsp3) is 0.308. The van der Waals surface area contributed by atoms with Gasteiger partial charge in [0.2, 0.25) is 0 Å². The molecule has 0 saturated carbocycles. The van der Waals surface area contributed by atoms with E-state index in [1.54, 1.807) is 18.3 Å². The van der Waals surface area contributed by atoms with E-state index in [2.05, 4.69) is 15.5 Å². The van der Waals surface area contributed by atoms with Crippen LogP contribution in [0.3, 0.4) is 0 Å². The van der Waals surface area contributed by atoms with Crippen LogP contribution in [0.2, 0.25) is 5.02 Å². The molecule has 0 aliphatic rings. The summed E-state index contributed by atoms with van der Waals surface area (Å²) >= 11 is 5.80. The molecule has 1 aromatic heterocycles. The first kappa shape index (κ1) is 13.1. The largest absolute Gasteiger partial charge is 0.387 e. The van der Waals surface area contributed by atoms with Crippen molar-refractivity contribution >= 4 is 11.6 Å². The van der Waals surface area contributed by atoms with E-state index >= 15 is 0 Å². The van der Waals surface area contributed by atoms with Crippen LogP contribution in [-0.2, 0) is 6.54 Å². The molecule has 0 radical (unpaired) electrons. The monoisotopic (exact) mass is 265 g/mol. The number of nitrogens with zero attached hydrogens (tertiary/aromatic N) is 1. The Morgan fingerprint density at radius 1 is 1.39 bits per heavy atom. The van der Waals surface area contributed by atoms with Crippen LogP contribution in [0.1, 0.15) is 22.9 Å². The second-order valence-electron chi connectivity index (χ2n) is 4.22. The molecule has 1 unspecified atom stereocenters. The first-order valence-corrected chi connectivity index (χ1v) is 6.17. The van der Waals surface area contributed by atoms with Gasteiger partial charge in [-0.1, -0.05) is 23.7 Å². The van der Waals surface area contributed by atoms with Crippen LogP contribution in [0, 0.1) is 6.92 Å². The Kier molecular flexibility index (Phi) is 4.36. The molecule has 3 N–H and O–H groups in total. The number of aromatic nitrogens is 2. The summed E-state index contributed by atoms with van der Waals surface area (Å²) in [6, 6.07) is 7.22. The van der Waals surface area contributed by atoms with E-state index in [4.69, 9.17) is 11.6 Å². The number of halogens is 1. The molecule has 96 valence electrons. The van der Waals surface area contributed by atoms with Gasteiger partial charge in [-0.2, -0.15) is 5.10 Å². The number of rotatable bonds is 5. The standard InChI is InChI=1S/C13H16ClN3O/c1-9-11(7-16-17-9)6-15-8-13(18)10-2-4-12(14)5-3-10/h2-5,7,13,15,18H,6,8H2,1H3,(H,16,17). The lowest BCUT2D eigenvalue weighted by molar-refractivity contribution is 0.174. The van der Waals surface area contributed by atoms with E-state index in [9.17, 15) is 5.11 Å². The average molecular weight is 266 g/mol. The van der Waals surface area contributed by atoms with E-state index in [0.717, 1.165) is 16.8 Å². The highest BCUT2D eigenvalue weighted by Crippen LogP contribution is 2.15. The normalized spacial score (nSPS) is 12.6. The fourth-order valence-electron chi connectivity index (χ4n) is 1.70. The lowest BCUT2D eigenvalue weighted by Crippen LogP contribution is -2.21. The third-order valence-corrected chi connectivity index (χ3v) is 3.09. The van der Waals surface area contributed by atoms with Crippen molar-refractivity contribution in [3.05, 3.63) is 52.3 Å². The Hall–Kier alpha value is -1.36. The molecule has 1 aromatic carbocycles. The predicted octanol–water partition coefficient (Wildman–Crippen LogP) is 2.19. The maximum absolute atomic E-state index is 9.98. The third kappa shape index (κ3) is 3.32. The minimum absolute atomic E-state index is 0.492. The minimum atomic E-state index is -0.533. The zero-order valence-corrected chi connectivity index (χ0v) is 10.9. The van der Waals surface area contributed by atoms with Crippen LogP contribution in [0.15, 0.2) is 30.5 Å². The van der Waals surface area contributed by atoms with Gasteiger partial charge in [0.25, 0.3) is 0 Å². The number of aliphatic hydroxyl groups excluding tert-OH is 1. The third-order valence-electron chi connectivity index (χ3n) is 2.84. The van der Waals surface area contributed by atoms with Crippen LogP contribution in [-0.4, -0.2) is 21.8 Å². The van der Waals surface area contributed by atoms with Crippen LogP contribution >= 0.6 is 11.6 Å². The van der Waals surface area contributed by atoms with Gasteiger partial charge in [0, 0.05) is 29.4 Å². The molecular weight excluding hydrogens is 250 g/mol. The molecule has 0 bridgehead atoms. The fourth-order valence-corrected chi connectivity index (χ4v) is 1.83. The molecule has 0 spiro atoms. The smallest absolute Gasteiger partial charge is 0.0914 e. The number of aliphatic hydroxyl groups is 1. The lowest BCUT2D eigenvalue weighted by atomic mass is 10.1. The average Bonchev–Trinajstić information content (AvgIpc) is 2.76. The quantitative estimate of drug-likeness (QED) is 0.777. The number of H-pyrrole nitrogens is 1. The Morgan fingerprint density at radius 3 is 2.72 bits per heavy atom. The minimum Gasteiger partial charge on any atom is -0.387 e. The SMILES string of the molecule is Cc1[nH]ncc1CNCC(O)c1ccc(Cl)cc1. The van der Waals surface area contributed by atoms with E-state index in [1.807, 2.05) is 19.1 Å². The van der Waals surface area contributed by atoms with Crippen molar-refractivity contribution in [2.24, 2.45) is 0 Å². The van der Waals surface area contributed by atoms with E-state index in [1.165, 1.54) is 0 Å². The number of hydrogen-bond donors (Lipinski definition) is 3.